The molecule has 0 aromatic heterocycles. The molecule has 0 radical (unpaired) electrons. The summed E-state index contributed by atoms with van der Waals surface area (Å²) < 4.78 is 21.4. The van der Waals surface area contributed by atoms with E-state index in [1.54, 1.807) is 13.2 Å². The average Bonchev–Trinajstić information content (AvgIpc) is 3.04. The number of aliphatic hydroxyl groups excluding tert-OH is 2. The van der Waals surface area contributed by atoms with Gasteiger partial charge < -0.3 is 40.7 Å². The maximum Gasteiger partial charge on any atom is 0.265 e. The molecule has 14 heteroatoms. The quantitative estimate of drug-likeness (QED) is 0.218. The number of aliphatic hydroxyl groups is 2. The molecule has 11 nitrogen and oxygen atoms in total. The largest absolute Gasteiger partial charge is 0.756 e. The molecule has 0 aromatic rings. The summed E-state index contributed by atoms with van der Waals surface area (Å²) in [5.41, 5.74) is -1.03. The number of carbonyl (C=O) groups is 1. The van der Waals surface area contributed by atoms with E-state index < -0.39 is 49.1 Å². The van der Waals surface area contributed by atoms with Gasteiger partial charge in [0.15, 0.2) is 0 Å². The minimum absolute atomic E-state index is 0. The van der Waals surface area contributed by atoms with Crippen molar-refractivity contribution in [2.24, 2.45) is 5.92 Å². The number of quaternary nitrogens is 1. The van der Waals surface area contributed by atoms with E-state index in [9.17, 15) is 24.5 Å². The van der Waals surface area contributed by atoms with Gasteiger partial charge in [-0.05, 0) is 32.6 Å². The predicted octanol–water partition coefficient (Wildman–Crippen LogP) is -0.139. The van der Waals surface area contributed by atoms with Gasteiger partial charge in [-0.25, -0.2) is 0 Å². The Bertz CT molecular complexity index is 642. The number of halogens is 1. The van der Waals surface area contributed by atoms with Crippen molar-refractivity contribution < 1.29 is 38.6 Å². The highest BCUT2D eigenvalue weighted by molar-refractivity contribution is 7.99. The molecule has 8 N–H and O–H groups in total. The standard InChI is InChI=1S/C17H32ClN2O8PS.H3N/c1-5-9-6-10(20(3)7-9)16(23)19-11(8(2)18)14-12(21)13(22)15(17(27-14)30-4)28-29(24,25)26;/h8-15,17,21-22H,5-7H2,1-4H3,(H,19,23)(H2,24,25,26);1H3/t8-,9+,10-,11+,12?,13?,14?,15?,17?;/m0./s1. The fourth-order valence-corrected chi connectivity index (χ4v) is 5.60. The van der Waals surface area contributed by atoms with E-state index in [4.69, 9.17) is 21.2 Å². The van der Waals surface area contributed by atoms with Crippen LogP contribution in [0, 0.1) is 5.92 Å². The second-order valence-corrected chi connectivity index (χ2v) is 10.7. The van der Waals surface area contributed by atoms with Crippen LogP contribution in [0.4, 0.5) is 0 Å². The van der Waals surface area contributed by atoms with Crippen molar-refractivity contribution in [3.8, 4) is 0 Å². The SMILES string of the molecule is CC[C@@H]1C[C@@H](C(=O)N[C@@H](C2OC(SC)C(OP(=O)([O-])O)C(O)C2O)[C@H](C)Cl)N(C)C1.[NH4+]. The Labute approximate surface area is 192 Å². The third kappa shape index (κ3) is 7.25. The number of phosphoric acid groups is 1. The summed E-state index contributed by atoms with van der Waals surface area (Å²) in [5.74, 6) is 0.158. The zero-order valence-corrected chi connectivity index (χ0v) is 20.8. The normalized spacial score (nSPS) is 38.0. The molecule has 0 saturated carbocycles. The second-order valence-electron chi connectivity index (χ2n) is 7.90. The summed E-state index contributed by atoms with van der Waals surface area (Å²) in [6.07, 6.45) is -2.68. The van der Waals surface area contributed by atoms with Crippen molar-refractivity contribution in [2.45, 2.75) is 74.0 Å². The smallest absolute Gasteiger partial charge is 0.265 e. The lowest BCUT2D eigenvalue weighted by atomic mass is 9.92. The zero-order valence-electron chi connectivity index (χ0n) is 18.4. The summed E-state index contributed by atoms with van der Waals surface area (Å²) >= 11 is 7.32. The first-order valence-electron chi connectivity index (χ1n) is 9.80. The first kappa shape index (κ1) is 29.1. The van der Waals surface area contributed by atoms with E-state index in [1.807, 2.05) is 11.9 Å². The molecule has 2 fully saturated rings. The summed E-state index contributed by atoms with van der Waals surface area (Å²) in [7, 11) is -3.31. The third-order valence-corrected chi connectivity index (χ3v) is 7.37. The minimum Gasteiger partial charge on any atom is -0.756 e. The molecule has 0 bridgehead atoms. The van der Waals surface area contributed by atoms with Gasteiger partial charge in [-0.1, -0.05) is 13.3 Å². The van der Waals surface area contributed by atoms with Crippen LogP contribution in [0.15, 0.2) is 0 Å². The van der Waals surface area contributed by atoms with Gasteiger partial charge in [0, 0.05) is 6.54 Å². The monoisotopic (exact) mass is 507 g/mol. The Kier molecular flexibility index (Phi) is 11.2. The van der Waals surface area contributed by atoms with Crippen LogP contribution >= 0.6 is 31.2 Å². The van der Waals surface area contributed by atoms with Crippen molar-refractivity contribution >= 4 is 37.1 Å². The van der Waals surface area contributed by atoms with E-state index in [1.165, 1.54) is 0 Å². The van der Waals surface area contributed by atoms with Crippen molar-refractivity contribution in [1.82, 2.24) is 16.4 Å². The molecule has 184 valence electrons. The molecule has 10 atom stereocenters. The lowest BCUT2D eigenvalue weighted by molar-refractivity contribution is -0.249. The third-order valence-electron chi connectivity index (χ3n) is 5.74. The van der Waals surface area contributed by atoms with E-state index >= 15 is 0 Å². The van der Waals surface area contributed by atoms with Crippen molar-refractivity contribution in [3.63, 3.8) is 0 Å². The Balaban J connectivity index is 0.00000480. The molecular weight excluding hydrogens is 473 g/mol. The fraction of sp³-hybridized carbons (Fsp3) is 0.941. The lowest BCUT2D eigenvalue weighted by Gasteiger charge is -2.46. The van der Waals surface area contributed by atoms with Gasteiger partial charge in [0.1, 0.15) is 29.9 Å². The highest BCUT2D eigenvalue weighted by Crippen LogP contribution is 2.40. The number of nitrogens with zero attached hydrogens (tertiary/aromatic N) is 1. The molecule has 0 aliphatic carbocycles. The number of phosphoric ester groups is 1. The zero-order chi connectivity index (χ0) is 22.8. The summed E-state index contributed by atoms with van der Waals surface area (Å²) in [6.45, 7) is 4.50. The highest BCUT2D eigenvalue weighted by atomic mass is 35.5. The molecular formula is C17H35ClN3O8PS. The number of likely N-dealkylation sites (tertiary alicyclic amines) is 1. The highest BCUT2D eigenvalue weighted by Gasteiger charge is 2.50. The molecule has 2 heterocycles. The summed E-state index contributed by atoms with van der Waals surface area (Å²) in [4.78, 5) is 35.0. The maximum atomic E-state index is 12.9. The molecule has 2 aliphatic heterocycles. The maximum absolute atomic E-state index is 12.9. The topological polar surface area (TPSA) is 188 Å². The summed E-state index contributed by atoms with van der Waals surface area (Å²) in [5, 5.41) is 23.2. The number of ether oxygens (including phenoxy) is 1. The van der Waals surface area contributed by atoms with Crippen LogP contribution in [0.25, 0.3) is 0 Å². The van der Waals surface area contributed by atoms with Crippen LogP contribution in [-0.4, -0.2) is 93.1 Å². The summed E-state index contributed by atoms with van der Waals surface area (Å²) in [6, 6.07) is -1.20. The molecule has 6 unspecified atom stereocenters. The minimum atomic E-state index is -5.18. The number of hydrogen-bond donors (Lipinski definition) is 5. The van der Waals surface area contributed by atoms with Crippen molar-refractivity contribution in [2.75, 3.05) is 19.8 Å². The van der Waals surface area contributed by atoms with Crippen LogP contribution in [0.1, 0.15) is 26.7 Å². The molecule has 1 amide bonds. The van der Waals surface area contributed by atoms with Crippen LogP contribution in [0.3, 0.4) is 0 Å². The molecule has 2 rings (SSSR count). The number of rotatable bonds is 8. The van der Waals surface area contributed by atoms with Crippen molar-refractivity contribution in [3.05, 3.63) is 0 Å². The van der Waals surface area contributed by atoms with Gasteiger partial charge in [-0.3, -0.25) is 14.3 Å². The van der Waals surface area contributed by atoms with E-state index in [0.717, 1.165) is 24.7 Å². The van der Waals surface area contributed by atoms with Gasteiger partial charge in [0.05, 0.1) is 17.5 Å². The van der Waals surface area contributed by atoms with Gasteiger partial charge in [0.25, 0.3) is 7.82 Å². The van der Waals surface area contributed by atoms with Crippen molar-refractivity contribution in [1.29, 1.82) is 0 Å². The molecule has 0 spiro atoms. The Morgan fingerprint density at radius 2 is 2.06 bits per heavy atom. The Hall–Kier alpha value is 0.0200. The fourth-order valence-electron chi connectivity index (χ4n) is 4.04. The average molecular weight is 508 g/mol. The molecule has 2 aliphatic rings. The van der Waals surface area contributed by atoms with E-state index in [2.05, 4.69) is 16.8 Å². The van der Waals surface area contributed by atoms with Crippen LogP contribution in [0.2, 0.25) is 0 Å². The molecule has 31 heavy (non-hydrogen) atoms. The van der Waals surface area contributed by atoms with Crippen LogP contribution < -0.4 is 16.4 Å². The number of likely N-dealkylation sites (N-methyl/N-ethyl adjacent to an activating group) is 1. The van der Waals surface area contributed by atoms with Gasteiger partial charge in [0.2, 0.25) is 5.91 Å². The van der Waals surface area contributed by atoms with Gasteiger partial charge >= 0.3 is 0 Å². The number of hydrogen-bond acceptors (Lipinski definition) is 9. The van der Waals surface area contributed by atoms with Gasteiger partial charge in [-0.2, -0.15) is 0 Å². The number of nitrogens with one attached hydrogen (secondary N) is 1. The second kappa shape index (κ2) is 11.9. The lowest BCUT2D eigenvalue weighted by Crippen LogP contribution is -2.65. The van der Waals surface area contributed by atoms with E-state index in [-0.39, 0.29) is 18.1 Å². The number of amides is 1. The molecule has 2 saturated heterocycles. The number of thioether (sulfide) groups is 1. The number of alkyl halides is 1. The first-order chi connectivity index (χ1) is 13.9. The van der Waals surface area contributed by atoms with Crippen LogP contribution in [0.5, 0.6) is 0 Å². The number of carbonyl (C=O) groups excluding carboxylic acids is 1. The van der Waals surface area contributed by atoms with E-state index in [0.29, 0.717) is 12.3 Å². The Morgan fingerprint density at radius 3 is 2.52 bits per heavy atom. The van der Waals surface area contributed by atoms with Crippen LogP contribution in [-0.2, 0) is 18.6 Å². The Morgan fingerprint density at radius 1 is 1.45 bits per heavy atom. The first-order valence-corrected chi connectivity index (χ1v) is 13.0. The van der Waals surface area contributed by atoms with Gasteiger partial charge in [-0.15, -0.1) is 23.4 Å². The molecule has 0 aromatic carbocycles. The predicted molar refractivity (Wildman–Crippen MR) is 117 cm³/mol.